The van der Waals surface area contributed by atoms with Crippen molar-refractivity contribution in [1.82, 2.24) is 4.98 Å². The minimum atomic E-state index is -0.0971. The van der Waals surface area contributed by atoms with Crippen LogP contribution >= 0.6 is 0 Å². The average molecular weight is 269 g/mol. The van der Waals surface area contributed by atoms with Gasteiger partial charge < -0.3 is 10.5 Å². The van der Waals surface area contributed by atoms with Gasteiger partial charge in [0.05, 0.1) is 0 Å². The van der Waals surface area contributed by atoms with E-state index in [0.717, 1.165) is 12.2 Å². The number of aryl methyl sites for hydroxylation is 1. The second kappa shape index (κ2) is 6.70. The van der Waals surface area contributed by atoms with Gasteiger partial charge in [-0.3, -0.25) is 5.41 Å². The molecular weight excluding hydrogens is 250 g/mol. The second-order valence-electron chi connectivity index (χ2n) is 4.61. The summed E-state index contributed by atoms with van der Waals surface area (Å²) in [6, 6.07) is 11.5. The largest absolute Gasteiger partial charge is 0.455 e. The molecule has 20 heavy (non-hydrogen) atoms. The third kappa shape index (κ3) is 3.57. The number of nitrogen functional groups attached to an aromatic ring is 1. The lowest BCUT2D eigenvalue weighted by atomic mass is 10.1. The number of aromatic nitrogens is 1. The standard InChI is InChI=1S/C16H19N3O/c1-2-3-5-12-7-9-13(10-8-12)20-14-6-4-11-19-15(14)16(17)18/h4,6-11H,2-3,5H2,1H3,(H3,17,18). The summed E-state index contributed by atoms with van der Waals surface area (Å²) in [5.41, 5.74) is 7.15. The monoisotopic (exact) mass is 269 g/mol. The maximum Gasteiger partial charge on any atom is 0.156 e. The van der Waals surface area contributed by atoms with Crippen LogP contribution in [-0.2, 0) is 6.42 Å². The molecule has 4 heteroatoms. The summed E-state index contributed by atoms with van der Waals surface area (Å²) in [6.07, 6.45) is 5.06. The third-order valence-electron chi connectivity index (χ3n) is 3.00. The Hall–Kier alpha value is -2.36. The van der Waals surface area contributed by atoms with E-state index >= 15 is 0 Å². The van der Waals surface area contributed by atoms with Crippen LogP contribution in [0, 0.1) is 5.41 Å². The molecule has 0 radical (unpaired) electrons. The number of hydrogen-bond acceptors (Lipinski definition) is 3. The quantitative estimate of drug-likeness (QED) is 0.622. The number of hydrogen-bond donors (Lipinski definition) is 2. The fourth-order valence-electron chi connectivity index (χ4n) is 1.91. The number of amidine groups is 1. The van der Waals surface area contributed by atoms with Crippen molar-refractivity contribution in [3.05, 3.63) is 53.9 Å². The second-order valence-corrected chi connectivity index (χ2v) is 4.61. The number of pyridine rings is 1. The molecule has 0 bridgehead atoms. The van der Waals surface area contributed by atoms with Crippen LogP contribution in [0.3, 0.4) is 0 Å². The van der Waals surface area contributed by atoms with Gasteiger partial charge in [-0.2, -0.15) is 0 Å². The number of benzene rings is 1. The summed E-state index contributed by atoms with van der Waals surface area (Å²) in [6.45, 7) is 2.18. The number of nitrogens with two attached hydrogens (primary N) is 1. The SMILES string of the molecule is CCCCc1ccc(Oc2cccnc2C(=N)N)cc1. The lowest BCUT2D eigenvalue weighted by Gasteiger charge is -2.09. The highest BCUT2D eigenvalue weighted by Crippen LogP contribution is 2.24. The van der Waals surface area contributed by atoms with E-state index in [1.165, 1.54) is 18.4 Å². The molecule has 1 aromatic carbocycles. The summed E-state index contributed by atoms with van der Waals surface area (Å²) in [7, 11) is 0. The molecule has 0 aliphatic heterocycles. The zero-order valence-corrected chi connectivity index (χ0v) is 11.6. The van der Waals surface area contributed by atoms with Gasteiger partial charge in [-0.05, 0) is 42.7 Å². The van der Waals surface area contributed by atoms with Crippen LogP contribution < -0.4 is 10.5 Å². The van der Waals surface area contributed by atoms with Crippen LogP contribution in [0.2, 0.25) is 0 Å². The van der Waals surface area contributed by atoms with Gasteiger partial charge in [0, 0.05) is 6.20 Å². The number of rotatable bonds is 6. The predicted molar refractivity (Wildman–Crippen MR) is 80.4 cm³/mol. The summed E-state index contributed by atoms with van der Waals surface area (Å²) in [5.74, 6) is 1.13. The van der Waals surface area contributed by atoms with Crippen molar-refractivity contribution < 1.29 is 4.74 Å². The Morgan fingerprint density at radius 1 is 1.25 bits per heavy atom. The van der Waals surface area contributed by atoms with Crippen LogP contribution in [-0.4, -0.2) is 10.8 Å². The van der Waals surface area contributed by atoms with Crippen molar-refractivity contribution in [2.24, 2.45) is 5.73 Å². The van der Waals surface area contributed by atoms with E-state index in [4.69, 9.17) is 15.9 Å². The molecule has 2 rings (SSSR count). The Kier molecular flexibility index (Phi) is 4.71. The molecular formula is C16H19N3O. The molecule has 0 atom stereocenters. The minimum absolute atomic E-state index is 0.0971. The molecule has 104 valence electrons. The zero-order valence-electron chi connectivity index (χ0n) is 11.6. The minimum Gasteiger partial charge on any atom is -0.455 e. The Balaban J connectivity index is 2.12. The van der Waals surface area contributed by atoms with Crippen molar-refractivity contribution in [2.45, 2.75) is 26.2 Å². The average Bonchev–Trinajstić information content (AvgIpc) is 2.47. The van der Waals surface area contributed by atoms with Crippen LogP contribution in [0.4, 0.5) is 0 Å². The molecule has 2 aromatic rings. The summed E-state index contributed by atoms with van der Waals surface area (Å²) in [5, 5.41) is 7.49. The Morgan fingerprint density at radius 3 is 2.65 bits per heavy atom. The number of nitrogens with zero attached hydrogens (tertiary/aromatic N) is 1. The first-order valence-electron chi connectivity index (χ1n) is 6.77. The Bertz CT molecular complexity index is 579. The molecule has 4 nitrogen and oxygen atoms in total. The van der Waals surface area contributed by atoms with Crippen LogP contribution in [0.1, 0.15) is 31.0 Å². The van der Waals surface area contributed by atoms with E-state index in [-0.39, 0.29) is 5.84 Å². The number of unbranched alkanes of at least 4 members (excludes halogenated alkanes) is 1. The fraction of sp³-hybridized carbons (Fsp3) is 0.250. The van der Waals surface area contributed by atoms with Crippen molar-refractivity contribution in [1.29, 1.82) is 5.41 Å². The maximum absolute atomic E-state index is 7.49. The van der Waals surface area contributed by atoms with Crippen LogP contribution in [0.25, 0.3) is 0 Å². The van der Waals surface area contributed by atoms with Gasteiger partial charge in [0.25, 0.3) is 0 Å². The zero-order chi connectivity index (χ0) is 14.4. The first-order chi connectivity index (χ1) is 9.70. The van der Waals surface area contributed by atoms with Gasteiger partial charge in [-0.25, -0.2) is 4.98 Å². The normalized spacial score (nSPS) is 10.2. The van der Waals surface area contributed by atoms with Gasteiger partial charge in [0.15, 0.2) is 5.75 Å². The van der Waals surface area contributed by atoms with Crippen molar-refractivity contribution >= 4 is 5.84 Å². The highest BCUT2D eigenvalue weighted by atomic mass is 16.5. The van der Waals surface area contributed by atoms with Crippen molar-refractivity contribution in [3.8, 4) is 11.5 Å². The predicted octanol–water partition coefficient (Wildman–Crippen LogP) is 3.50. The fourth-order valence-corrected chi connectivity index (χ4v) is 1.91. The number of nitrogens with one attached hydrogen (secondary N) is 1. The van der Waals surface area contributed by atoms with Gasteiger partial charge in [0.2, 0.25) is 0 Å². The Labute approximate surface area is 119 Å². The topological polar surface area (TPSA) is 72.0 Å². The lowest BCUT2D eigenvalue weighted by molar-refractivity contribution is 0.478. The smallest absolute Gasteiger partial charge is 0.156 e. The van der Waals surface area contributed by atoms with E-state index in [1.54, 1.807) is 18.3 Å². The van der Waals surface area contributed by atoms with Gasteiger partial charge in [-0.1, -0.05) is 25.5 Å². The molecule has 0 saturated heterocycles. The highest BCUT2D eigenvalue weighted by Gasteiger charge is 2.08. The molecule has 0 fully saturated rings. The van der Waals surface area contributed by atoms with E-state index in [0.29, 0.717) is 11.4 Å². The van der Waals surface area contributed by atoms with Crippen molar-refractivity contribution in [3.63, 3.8) is 0 Å². The highest BCUT2D eigenvalue weighted by molar-refractivity contribution is 5.95. The van der Waals surface area contributed by atoms with E-state index in [2.05, 4.69) is 24.0 Å². The van der Waals surface area contributed by atoms with Crippen LogP contribution in [0.5, 0.6) is 11.5 Å². The Morgan fingerprint density at radius 2 is 2.00 bits per heavy atom. The molecule has 3 N–H and O–H groups in total. The molecule has 0 spiro atoms. The van der Waals surface area contributed by atoms with Gasteiger partial charge >= 0.3 is 0 Å². The molecule has 0 aliphatic rings. The maximum atomic E-state index is 7.49. The molecule has 1 aromatic heterocycles. The van der Waals surface area contributed by atoms with E-state index < -0.39 is 0 Å². The molecule has 0 saturated carbocycles. The molecule has 1 heterocycles. The van der Waals surface area contributed by atoms with Gasteiger partial charge in [0.1, 0.15) is 17.3 Å². The first kappa shape index (κ1) is 14.1. The van der Waals surface area contributed by atoms with E-state index in [1.807, 2.05) is 12.1 Å². The summed E-state index contributed by atoms with van der Waals surface area (Å²) >= 11 is 0. The lowest BCUT2D eigenvalue weighted by Crippen LogP contribution is -2.14. The molecule has 0 unspecified atom stereocenters. The van der Waals surface area contributed by atoms with Crippen molar-refractivity contribution in [2.75, 3.05) is 0 Å². The van der Waals surface area contributed by atoms with E-state index in [9.17, 15) is 0 Å². The molecule has 0 amide bonds. The number of ether oxygens (including phenoxy) is 1. The van der Waals surface area contributed by atoms with Crippen LogP contribution in [0.15, 0.2) is 42.6 Å². The first-order valence-corrected chi connectivity index (χ1v) is 6.77. The third-order valence-corrected chi connectivity index (χ3v) is 3.00. The summed E-state index contributed by atoms with van der Waals surface area (Å²) < 4.78 is 5.75. The summed E-state index contributed by atoms with van der Waals surface area (Å²) in [4.78, 5) is 4.06. The molecule has 0 aliphatic carbocycles. The van der Waals surface area contributed by atoms with Gasteiger partial charge in [-0.15, -0.1) is 0 Å².